The summed E-state index contributed by atoms with van der Waals surface area (Å²) in [6.07, 6.45) is -1.48. The predicted octanol–water partition coefficient (Wildman–Crippen LogP) is 4.46. The number of aromatic hydroxyl groups is 1. The van der Waals surface area contributed by atoms with Gasteiger partial charge in [-0.1, -0.05) is 35.3 Å². The topological polar surface area (TPSA) is 111 Å². The Morgan fingerprint density at radius 3 is 2.32 bits per heavy atom. The van der Waals surface area contributed by atoms with Crippen LogP contribution in [-0.4, -0.2) is 27.6 Å². The maximum atomic E-state index is 13.1. The number of nitrogens with one attached hydrogen (secondary N) is 2. The van der Waals surface area contributed by atoms with Crippen LogP contribution in [0.5, 0.6) is 17.2 Å². The van der Waals surface area contributed by atoms with Gasteiger partial charge in [0, 0.05) is 17.7 Å². The highest BCUT2D eigenvalue weighted by Crippen LogP contribution is 2.39. The molecule has 0 spiro atoms. The Bertz CT molecular complexity index is 1070. The number of aliphatic hydroxyl groups excluding tert-OH is 1. The molecule has 3 aromatic carbocycles. The molecule has 0 bridgehead atoms. The first-order valence-corrected chi connectivity index (χ1v) is 9.64. The number of phenols is 1. The number of ether oxygens (including phenoxy) is 1. The van der Waals surface area contributed by atoms with E-state index in [9.17, 15) is 19.4 Å². The molecular weight excluding hydrogens is 450 g/mol. The van der Waals surface area contributed by atoms with E-state index >= 15 is 0 Å². The highest BCUT2D eigenvalue weighted by atomic mass is 35.5. The molecule has 5 N–H and O–H groups in total. The minimum Gasteiger partial charge on any atom is -0.508 e. The van der Waals surface area contributed by atoms with Gasteiger partial charge in [-0.15, -0.1) is 0 Å². The third-order valence-corrected chi connectivity index (χ3v) is 4.78. The van der Waals surface area contributed by atoms with Crippen LogP contribution in [0.4, 0.5) is 10.1 Å². The van der Waals surface area contributed by atoms with Gasteiger partial charge >= 0.3 is 0 Å². The molecule has 0 heterocycles. The summed E-state index contributed by atoms with van der Waals surface area (Å²) in [5.74, 6) is -0.776. The predicted molar refractivity (Wildman–Crippen MR) is 113 cm³/mol. The van der Waals surface area contributed by atoms with Crippen LogP contribution in [0.1, 0.15) is 11.1 Å². The Balaban J connectivity index is 1.80. The number of benzene rings is 3. The first kappa shape index (κ1) is 22.8. The van der Waals surface area contributed by atoms with E-state index in [1.165, 1.54) is 41.9 Å². The van der Waals surface area contributed by atoms with Crippen molar-refractivity contribution in [1.29, 1.82) is 0 Å². The monoisotopic (exact) mass is 466 g/mol. The fourth-order valence-electron chi connectivity index (χ4n) is 2.71. The molecule has 0 saturated heterocycles. The van der Waals surface area contributed by atoms with Crippen LogP contribution in [0, 0.1) is 5.82 Å². The molecule has 10 heteroatoms. The fraction of sp³-hybridized carbons (Fsp3) is 0.0952. The van der Waals surface area contributed by atoms with Crippen molar-refractivity contribution in [3.8, 4) is 17.2 Å². The molecule has 3 aromatic rings. The van der Waals surface area contributed by atoms with Gasteiger partial charge in [0.1, 0.15) is 17.3 Å². The maximum absolute atomic E-state index is 13.1. The zero-order valence-corrected chi connectivity index (χ0v) is 17.3. The number of hydrogen-bond donors (Lipinski definition) is 5. The molecule has 0 radical (unpaired) electrons. The number of carbonyl (C=O) groups is 1. The van der Waals surface area contributed by atoms with Gasteiger partial charge in [-0.25, -0.2) is 4.39 Å². The summed E-state index contributed by atoms with van der Waals surface area (Å²) >= 11 is 12.4. The summed E-state index contributed by atoms with van der Waals surface area (Å²) in [6, 6.07) is 13.2. The highest BCUT2D eigenvalue weighted by molar-refractivity contribution is 6.37. The van der Waals surface area contributed by atoms with Gasteiger partial charge in [0.05, 0.1) is 10.0 Å². The first-order chi connectivity index (χ1) is 14.8. The van der Waals surface area contributed by atoms with Crippen LogP contribution in [-0.2, 0) is 11.2 Å². The first-order valence-electron chi connectivity index (χ1n) is 8.88. The smallest absolute Gasteiger partial charge is 0.270 e. The SMILES string of the molecule is O=C(Nc1cc(Cl)c(Oc2ccc(O)c(Cc3ccc(F)cc3)c2)c(Cl)c1)C(O)NO. The van der Waals surface area contributed by atoms with E-state index in [1.54, 1.807) is 18.2 Å². The Kier molecular flexibility index (Phi) is 7.32. The molecule has 31 heavy (non-hydrogen) atoms. The number of phenolic OH excluding ortho intramolecular Hbond substituents is 1. The van der Waals surface area contributed by atoms with Gasteiger partial charge in [0.25, 0.3) is 5.91 Å². The van der Waals surface area contributed by atoms with Crippen molar-refractivity contribution in [2.24, 2.45) is 0 Å². The van der Waals surface area contributed by atoms with E-state index in [0.717, 1.165) is 5.56 Å². The van der Waals surface area contributed by atoms with Gasteiger partial charge < -0.3 is 25.5 Å². The number of halogens is 3. The third-order valence-electron chi connectivity index (χ3n) is 4.22. The minimum absolute atomic E-state index is 0.0444. The molecule has 0 aromatic heterocycles. The van der Waals surface area contributed by atoms with Crippen LogP contribution < -0.4 is 15.5 Å². The molecule has 0 saturated carbocycles. The number of anilines is 1. The second-order valence-corrected chi connectivity index (χ2v) is 7.30. The van der Waals surface area contributed by atoms with Crippen LogP contribution in [0.15, 0.2) is 54.6 Å². The molecule has 1 amide bonds. The molecule has 1 atom stereocenters. The molecule has 7 nitrogen and oxygen atoms in total. The average molecular weight is 467 g/mol. The van der Waals surface area contributed by atoms with E-state index < -0.39 is 12.1 Å². The standard InChI is InChI=1S/C21H17Cl2FN2O5/c22-16-9-14(25-20(28)21(29)26-30)10-17(23)19(16)31-15-5-6-18(27)12(8-15)7-11-1-3-13(24)4-2-11/h1-6,8-10,21,26-27,29-30H,7H2,(H,25,28). The number of hydrogen-bond acceptors (Lipinski definition) is 6. The largest absolute Gasteiger partial charge is 0.508 e. The van der Waals surface area contributed by atoms with Crippen molar-refractivity contribution in [2.45, 2.75) is 12.6 Å². The van der Waals surface area contributed by atoms with E-state index in [-0.39, 0.29) is 33.0 Å². The molecule has 0 aliphatic heterocycles. The van der Waals surface area contributed by atoms with Gasteiger partial charge in [-0.05, 0) is 48.0 Å². The van der Waals surface area contributed by atoms with Gasteiger partial charge in [-0.2, -0.15) is 5.48 Å². The zero-order chi connectivity index (χ0) is 22.5. The van der Waals surface area contributed by atoms with Crippen LogP contribution in [0.25, 0.3) is 0 Å². The molecule has 0 aliphatic rings. The number of hydroxylamine groups is 1. The van der Waals surface area contributed by atoms with E-state index in [4.69, 9.17) is 33.1 Å². The minimum atomic E-state index is -1.83. The second-order valence-electron chi connectivity index (χ2n) is 6.49. The summed E-state index contributed by atoms with van der Waals surface area (Å²) in [5.41, 5.74) is 2.92. The summed E-state index contributed by atoms with van der Waals surface area (Å²) < 4.78 is 18.9. The fourth-order valence-corrected chi connectivity index (χ4v) is 3.27. The summed E-state index contributed by atoms with van der Waals surface area (Å²) in [5, 5.41) is 30.4. The molecule has 3 rings (SSSR count). The molecule has 0 aliphatic carbocycles. The number of carbonyl (C=O) groups excluding carboxylic acids is 1. The normalized spacial score (nSPS) is 11.8. The van der Waals surface area contributed by atoms with Gasteiger partial charge in [-0.3, -0.25) is 4.79 Å². The number of rotatable bonds is 7. The number of aliphatic hydroxyl groups is 1. The third kappa shape index (κ3) is 5.84. The van der Waals surface area contributed by atoms with Crippen LogP contribution in [0.2, 0.25) is 10.0 Å². The van der Waals surface area contributed by atoms with E-state index in [0.29, 0.717) is 17.7 Å². The Morgan fingerprint density at radius 1 is 1.06 bits per heavy atom. The zero-order valence-electron chi connectivity index (χ0n) is 15.8. The van der Waals surface area contributed by atoms with Crippen molar-refractivity contribution >= 4 is 34.8 Å². The lowest BCUT2D eigenvalue weighted by atomic mass is 10.0. The van der Waals surface area contributed by atoms with Gasteiger partial charge in [0.15, 0.2) is 5.75 Å². The van der Waals surface area contributed by atoms with E-state index in [2.05, 4.69) is 5.32 Å². The van der Waals surface area contributed by atoms with Crippen molar-refractivity contribution in [2.75, 3.05) is 5.32 Å². The van der Waals surface area contributed by atoms with Crippen LogP contribution >= 0.6 is 23.2 Å². The molecular formula is C21H17Cl2FN2O5. The lowest BCUT2D eigenvalue weighted by Crippen LogP contribution is -2.38. The quantitative estimate of drug-likeness (QED) is 0.259. The Labute approximate surface area is 186 Å². The number of amides is 1. The van der Waals surface area contributed by atoms with Crippen molar-refractivity contribution in [1.82, 2.24) is 5.48 Å². The second kappa shape index (κ2) is 9.95. The van der Waals surface area contributed by atoms with Crippen molar-refractivity contribution < 1.29 is 29.3 Å². The molecule has 1 unspecified atom stereocenters. The van der Waals surface area contributed by atoms with Crippen molar-refractivity contribution in [3.05, 3.63) is 81.6 Å². The maximum Gasteiger partial charge on any atom is 0.270 e. The Morgan fingerprint density at radius 2 is 1.71 bits per heavy atom. The lowest BCUT2D eigenvalue weighted by molar-refractivity contribution is -0.131. The lowest BCUT2D eigenvalue weighted by Gasteiger charge is -2.14. The van der Waals surface area contributed by atoms with E-state index in [1.807, 2.05) is 0 Å². The summed E-state index contributed by atoms with van der Waals surface area (Å²) in [7, 11) is 0. The highest BCUT2D eigenvalue weighted by Gasteiger charge is 2.17. The molecule has 162 valence electrons. The van der Waals surface area contributed by atoms with Crippen LogP contribution in [0.3, 0.4) is 0 Å². The summed E-state index contributed by atoms with van der Waals surface area (Å²) in [6.45, 7) is 0. The molecule has 0 fully saturated rings. The average Bonchev–Trinajstić information content (AvgIpc) is 2.74. The Hall–Kier alpha value is -2.88. The summed E-state index contributed by atoms with van der Waals surface area (Å²) in [4.78, 5) is 11.6. The van der Waals surface area contributed by atoms with Gasteiger partial charge in [0.2, 0.25) is 6.23 Å². The van der Waals surface area contributed by atoms with Crippen molar-refractivity contribution in [3.63, 3.8) is 0 Å².